The van der Waals surface area contributed by atoms with Crippen molar-refractivity contribution >= 4 is 35.1 Å². The molecule has 4 atom stereocenters. The van der Waals surface area contributed by atoms with E-state index in [1.54, 1.807) is 20.8 Å². The monoisotopic (exact) mass is 579 g/mol. The smallest absolute Gasteiger partial charge is 0.325 e. The molecule has 10 heteroatoms. The summed E-state index contributed by atoms with van der Waals surface area (Å²) in [5, 5.41) is 16.5. The number of nitrogens with zero attached hydrogens (tertiary/aromatic N) is 1. The van der Waals surface area contributed by atoms with Crippen molar-refractivity contribution in [1.29, 1.82) is 5.26 Å². The van der Waals surface area contributed by atoms with Crippen molar-refractivity contribution in [1.82, 2.24) is 10.6 Å². The van der Waals surface area contributed by atoms with Gasteiger partial charge in [-0.1, -0.05) is 62.2 Å². The zero-order valence-electron chi connectivity index (χ0n) is 22.8. The average molecular weight is 581 g/mol. The molecule has 1 saturated heterocycles. The lowest BCUT2D eigenvalue weighted by Gasteiger charge is -2.37. The first kappa shape index (κ1) is 30.8. The number of carbonyl (C=O) groups excluding carboxylic acids is 2. The number of hydrogen-bond donors (Lipinski definition) is 2. The lowest BCUT2D eigenvalue weighted by molar-refractivity contribution is -0.154. The van der Waals surface area contributed by atoms with Gasteiger partial charge in [-0.3, -0.25) is 9.59 Å². The summed E-state index contributed by atoms with van der Waals surface area (Å²) < 4.78 is 36.5. The summed E-state index contributed by atoms with van der Waals surface area (Å²) in [5.41, 5.74) is -2.94. The lowest BCUT2D eigenvalue weighted by atomic mass is 9.62. The van der Waals surface area contributed by atoms with Crippen LogP contribution in [0.3, 0.4) is 0 Å². The van der Waals surface area contributed by atoms with Crippen LogP contribution in [0, 0.1) is 28.4 Å². The maximum Gasteiger partial charge on any atom is 0.325 e. The molecule has 2 aromatic carbocycles. The molecule has 0 aromatic heterocycles. The minimum atomic E-state index is -1.75. The molecule has 0 aliphatic carbocycles. The summed E-state index contributed by atoms with van der Waals surface area (Å²) in [6.07, 6.45) is 0.331. The highest BCUT2D eigenvalue weighted by Crippen LogP contribution is 2.52. The van der Waals surface area contributed by atoms with E-state index in [2.05, 4.69) is 16.7 Å². The maximum absolute atomic E-state index is 15.6. The van der Waals surface area contributed by atoms with Gasteiger partial charge in [0.25, 0.3) is 0 Å². The molecule has 6 nitrogen and oxygen atoms in total. The third-order valence-electron chi connectivity index (χ3n) is 6.56. The second-order valence-electron chi connectivity index (χ2n) is 12.0. The van der Waals surface area contributed by atoms with Crippen LogP contribution in [0.5, 0.6) is 0 Å². The summed E-state index contributed by atoms with van der Waals surface area (Å²) in [6, 6.07) is 8.49. The summed E-state index contributed by atoms with van der Waals surface area (Å²) in [5.74, 6) is -4.13. The summed E-state index contributed by atoms with van der Waals surface area (Å²) in [7, 11) is 0. The molecule has 2 aromatic rings. The zero-order chi connectivity index (χ0) is 29.3. The molecule has 1 amide bonds. The lowest BCUT2D eigenvalue weighted by Crippen LogP contribution is -2.47. The van der Waals surface area contributed by atoms with Crippen LogP contribution in [0.2, 0.25) is 10.0 Å². The van der Waals surface area contributed by atoms with E-state index < -0.39 is 59.1 Å². The molecule has 1 aliphatic rings. The molecule has 1 fully saturated rings. The molecule has 0 radical (unpaired) electrons. The molecule has 0 spiro atoms. The SMILES string of the molecule is CC(C)(C)CC1NC(C(=O)NCC(=O)OC(C)(C)C)C(c2cccc(Cl)c2F)C1(C#N)c1ccc(Cl)cc1F. The van der Waals surface area contributed by atoms with Crippen LogP contribution < -0.4 is 10.6 Å². The largest absolute Gasteiger partial charge is 0.459 e. The van der Waals surface area contributed by atoms with Crippen molar-refractivity contribution in [2.24, 2.45) is 5.41 Å². The van der Waals surface area contributed by atoms with Gasteiger partial charge < -0.3 is 15.4 Å². The van der Waals surface area contributed by atoms with E-state index >= 15 is 8.78 Å². The van der Waals surface area contributed by atoms with Crippen LogP contribution in [0.1, 0.15) is 65.0 Å². The Bertz CT molecular complexity index is 1300. The van der Waals surface area contributed by atoms with Crippen LogP contribution in [0.4, 0.5) is 8.78 Å². The number of ether oxygens (including phenoxy) is 1. The Labute approximate surface area is 238 Å². The highest BCUT2D eigenvalue weighted by Gasteiger charge is 2.61. The van der Waals surface area contributed by atoms with Gasteiger partial charge in [-0.15, -0.1) is 0 Å². The minimum absolute atomic E-state index is 0.0250. The third-order valence-corrected chi connectivity index (χ3v) is 7.09. The fraction of sp³-hybridized carbons (Fsp3) is 0.483. The fourth-order valence-electron chi connectivity index (χ4n) is 5.20. The van der Waals surface area contributed by atoms with Crippen LogP contribution >= 0.6 is 23.2 Å². The van der Waals surface area contributed by atoms with Crippen molar-refractivity contribution < 1.29 is 23.1 Å². The van der Waals surface area contributed by atoms with Gasteiger partial charge >= 0.3 is 5.97 Å². The predicted molar refractivity (Wildman–Crippen MR) is 146 cm³/mol. The summed E-state index contributed by atoms with van der Waals surface area (Å²) >= 11 is 12.2. The van der Waals surface area contributed by atoms with E-state index in [9.17, 15) is 14.9 Å². The van der Waals surface area contributed by atoms with E-state index in [-0.39, 0.29) is 26.6 Å². The van der Waals surface area contributed by atoms with Gasteiger partial charge in [-0.2, -0.15) is 5.26 Å². The first-order valence-electron chi connectivity index (χ1n) is 12.6. The number of esters is 1. The Balaban J connectivity index is 2.21. The number of carbonyl (C=O) groups is 2. The number of amides is 1. The van der Waals surface area contributed by atoms with Crippen LogP contribution in [-0.4, -0.2) is 36.1 Å². The van der Waals surface area contributed by atoms with Crippen molar-refractivity contribution in [2.75, 3.05) is 6.54 Å². The van der Waals surface area contributed by atoms with Crippen molar-refractivity contribution in [2.45, 2.75) is 77.0 Å². The van der Waals surface area contributed by atoms with Gasteiger partial charge in [0, 0.05) is 22.5 Å². The first-order valence-corrected chi connectivity index (χ1v) is 13.3. The molecule has 3 rings (SSSR count). The number of benzene rings is 2. The van der Waals surface area contributed by atoms with Gasteiger partial charge in [-0.25, -0.2) is 8.78 Å². The maximum atomic E-state index is 15.6. The van der Waals surface area contributed by atoms with E-state index in [0.29, 0.717) is 6.42 Å². The fourth-order valence-corrected chi connectivity index (χ4v) is 5.54. The van der Waals surface area contributed by atoms with Gasteiger partial charge in [0.1, 0.15) is 29.2 Å². The first-order chi connectivity index (χ1) is 18.0. The van der Waals surface area contributed by atoms with Crippen LogP contribution in [0.25, 0.3) is 0 Å². The number of nitrogens with one attached hydrogen (secondary N) is 2. The highest BCUT2D eigenvalue weighted by molar-refractivity contribution is 6.31. The molecule has 0 saturated carbocycles. The number of halogens is 4. The van der Waals surface area contributed by atoms with Crippen molar-refractivity contribution in [3.05, 3.63) is 69.2 Å². The van der Waals surface area contributed by atoms with E-state index in [4.69, 9.17) is 27.9 Å². The van der Waals surface area contributed by atoms with Crippen molar-refractivity contribution in [3.63, 3.8) is 0 Å². The summed E-state index contributed by atoms with van der Waals surface area (Å²) in [6.45, 7) is 10.5. The quantitative estimate of drug-likeness (QED) is 0.406. The Hall–Kier alpha value is -2.73. The van der Waals surface area contributed by atoms with Gasteiger partial charge in [0.15, 0.2) is 0 Å². The molecule has 1 aliphatic heterocycles. The second kappa shape index (κ2) is 11.4. The van der Waals surface area contributed by atoms with Gasteiger partial charge in [0.2, 0.25) is 5.91 Å². The predicted octanol–water partition coefficient (Wildman–Crippen LogP) is 6.05. The topological polar surface area (TPSA) is 91.2 Å². The van der Waals surface area contributed by atoms with E-state index in [1.807, 2.05) is 20.8 Å². The average Bonchev–Trinajstić information content (AvgIpc) is 3.11. The Morgan fingerprint density at radius 3 is 2.36 bits per heavy atom. The summed E-state index contributed by atoms with van der Waals surface area (Å²) in [4.78, 5) is 25.9. The molecule has 39 heavy (non-hydrogen) atoms. The molecular formula is C29H33Cl2F2N3O3. The Kier molecular flexibility index (Phi) is 9.01. The molecular weight excluding hydrogens is 547 g/mol. The standard InChI is InChI=1S/C29H33Cl2F2N3O3/c1-27(2,3)13-21-29(15-34,18-11-10-16(30)12-20(18)32)23(17-8-7-9-19(31)24(17)33)25(36-21)26(38)35-14-22(37)39-28(4,5)6/h7-12,21,23,25,36H,13-14H2,1-6H3,(H,35,38). The Morgan fingerprint density at radius 1 is 1.13 bits per heavy atom. The minimum Gasteiger partial charge on any atom is -0.459 e. The highest BCUT2D eigenvalue weighted by atomic mass is 35.5. The van der Waals surface area contributed by atoms with Crippen LogP contribution in [-0.2, 0) is 19.7 Å². The number of hydrogen-bond acceptors (Lipinski definition) is 5. The molecule has 4 unspecified atom stereocenters. The van der Waals surface area contributed by atoms with E-state index in [1.165, 1.54) is 30.3 Å². The molecule has 2 N–H and O–H groups in total. The number of rotatable bonds is 6. The molecule has 0 bridgehead atoms. The third kappa shape index (κ3) is 6.71. The van der Waals surface area contributed by atoms with Gasteiger partial charge in [-0.05, 0) is 56.4 Å². The second-order valence-corrected chi connectivity index (χ2v) is 12.8. The normalized spacial score (nSPS) is 23.3. The number of nitriles is 1. The zero-order valence-corrected chi connectivity index (χ0v) is 24.3. The van der Waals surface area contributed by atoms with Gasteiger partial charge in [0.05, 0.1) is 17.1 Å². The molecule has 210 valence electrons. The molecule has 1 heterocycles. The van der Waals surface area contributed by atoms with Crippen LogP contribution in [0.15, 0.2) is 36.4 Å². The Morgan fingerprint density at radius 2 is 1.79 bits per heavy atom. The van der Waals surface area contributed by atoms with Crippen molar-refractivity contribution in [3.8, 4) is 6.07 Å². The van der Waals surface area contributed by atoms with E-state index in [0.717, 1.165) is 6.07 Å².